The molecule has 5 nitrogen and oxygen atoms in total. The summed E-state index contributed by atoms with van der Waals surface area (Å²) >= 11 is 1.83. The second-order valence-corrected chi connectivity index (χ2v) is 7.08. The molecular weight excluding hydrogens is 447 g/mol. The molecule has 3 N–H and O–H groups in total. The van der Waals surface area contributed by atoms with Gasteiger partial charge in [0.25, 0.3) is 0 Å². The largest absolute Gasteiger partial charge is 0.357 e. The Morgan fingerprint density at radius 3 is 2.52 bits per heavy atom. The minimum Gasteiger partial charge on any atom is -0.357 e. The summed E-state index contributed by atoms with van der Waals surface area (Å²) in [5.74, 6) is 2.23. The smallest absolute Gasteiger partial charge is 0.223 e. The number of guanidine groups is 1. The zero-order valence-electron chi connectivity index (χ0n) is 15.0. The van der Waals surface area contributed by atoms with Crippen LogP contribution in [0.1, 0.15) is 25.3 Å². The Labute approximate surface area is 172 Å². The van der Waals surface area contributed by atoms with E-state index in [1.165, 1.54) is 10.5 Å². The van der Waals surface area contributed by atoms with Gasteiger partial charge in [-0.15, -0.1) is 35.7 Å². The third kappa shape index (κ3) is 9.34. The van der Waals surface area contributed by atoms with Crippen molar-refractivity contribution in [2.24, 2.45) is 10.9 Å². The van der Waals surface area contributed by atoms with Crippen LogP contribution in [-0.4, -0.2) is 43.8 Å². The van der Waals surface area contributed by atoms with E-state index in [-0.39, 0.29) is 35.8 Å². The molecule has 0 spiro atoms. The highest BCUT2D eigenvalue weighted by atomic mass is 127. The number of thioether (sulfide) groups is 1. The molecule has 0 radical (unpaired) electrons. The summed E-state index contributed by atoms with van der Waals surface area (Å²) in [4.78, 5) is 17.3. The number of benzene rings is 1. The van der Waals surface area contributed by atoms with E-state index in [9.17, 15) is 4.79 Å². The minimum atomic E-state index is 0. The summed E-state index contributed by atoms with van der Waals surface area (Å²) < 4.78 is 0. The molecule has 2 rings (SSSR count). The second-order valence-electron chi connectivity index (χ2n) is 5.91. The molecule has 0 saturated heterocycles. The lowest BCUT2D eigenvalue weighted by Crippen LogP contribution is -2.39. The molecule has 7 heteroatoms. The monoisotopic (exact) mass is 476 g/mol. The molecule has 1 amide bonds. The van der Waals surface area contributed by atoms with Crippen LogP contribution in [-0.2, 0) is 4.79 Å². The Kier molecular flexibility index (Phi) is 11.0. The molecule has 1 aromatic rings. The summed E-state index contributed by atoms with van der Waals surface area (Å²) in [7, 11) is 0. The van der Waals surface area contributed by atoms with Gasteiger partial charge in [0.2, 0.25) is 5.91 Å². The van der Waals surface area contributed by atoms with Crippen molar-refractivity contribution >= 4 is 47.6 Å². The highest BCUT2D eigenvalue weighted by Gasteiger charge is 2.28. The zero-order chi connectivity index (χ0) is 17.2. The average Bonchev–Trinajstić information content (AvgIpc) is 3.41. The van der Waals surface area contributed by atoms with Gasteiger partial charge in [-0.25, -0.2) is 0 Å². The van der Waals surface area contributed by atoms with Gasteiger partial charge in [-0.1, -0.05) is 17.7 Å². The maximum atomic E-state index is 11.5. The molecule has 0 heterocycles. The normalized spacial score (nSPS) is 13.8. The lowest BCUT2D eigenvalue weighted by Gasteiger charge is -2.11. The van der Waals surface area contributed by atoms with E-state index in [1.807, 2.05) is 18.7 Å². The van der Waals surface area contributed by atoms with E-state index < -0.39 is 0 Å². The van der Waals surface area contributed by atoms with Gasteiger partial charge in [0.15, 0.2) is 5.96 Å². The van der Waals surface area contributed by atoms with Crippen LogP contribution in [0.15, 0.2) is 34.2 Å². The van der Waals surface area contributed by atoms with Gasteiger partial charge in [0.05, 0.1) is 6.54 Å². The van der Waals surface area contributed by atoms with Crippen molar-refractivity contribution in [1.29, 1.82) is 0 Å². The van der Waals surface area contributed by atoms with Gasteiger partial charge in [-0.2, -0.15) is 0 Å². The number of nitrogens with one attached hydrogen (secondary N) is 3. The molecule has 25 heavy (non-hydrogen) atoms. The fraction of sp³-hybridized carbons (Fsp3) is 0.556. The van der Waals surface area contributed by atoms with Crippen molar-refractivity contribution in [2.45, 2.75) is 31.6 Å². The Morgan fingerprint density at radius 1 is 1.16 bits per heavy atom. The standard InChI is InChI=1S/C18H28N4OS.HI/c1-3-19-18(21-11-10-20-17(23)15-6-7-15)22-12-13-24-16-8-4-14(2)5-9-16;/h4-5,8-9,15H,3,6-7,10-13H2,1-2H3,(H,20,23)(H2,19,21,22);1H. The van der Waals surface area contributed by atoms with Crippen molar-refractivity contribution in [2.75, 3.05) is 31.9 Å². The Hall–Kier alpha value is -0.960. The van der Waals surface area contributed by atoms with Gasteiger partial charge in [-0.3, -0.25) is 9.79 Å². The van der Waals surface area contributed by atoms with Crippen molar-refractivity contribution in [3.8, 4) is 0 Å². The molecule has 0 aliphatic heterocycles. The summed E-state index contributed by atoms with van der Waals surface area (Å²) in [6.07, 6.45) is 2.08. The quantitative estimate of drug-likeness (QED) is 0.169. The number of aryl methyl sites for hydroxylation is 1. The van der Waals surface area contributed by atoms with Crippen LogP contribution in [0.4, 0.5) is 0 Å². The molecule has 0 unspecified atom stereocenters. The minimum absolute atomic E-state index is 0. The van der Waals surface area contributed by atoms with Crippen LogP contribution >= 0.6 is 35.7 Å². The average molecular weight is 476 g/mol. The van der Waals surface area contributed by atoms with E-state index in [2.05, 4.69) is 52.1 Å². The highest BCUT2D eigenvalue weighted by molar-refractivity contribution is 14.0. The first kappa shape index (κ1) is 22.1. The molecule has 140 valence electrons. The van der Waals surface area contributed by atoms with Gasteiger partial charge < -0.3 is 16.0 Å². The van der Waals surface area contributed by atoms with Crippen LogP contribution in [0.2, 0.25) is 0 Å². The van der Waals surface area contributed by atoms with Crippen molar-refractivity contribution in [3.05, 3.63) is 29.8 Å². The topological polar surface area (TPSA) is 65.5 Å². The van der Waals surface area contributed by atoms with Crippen LogP contribution in [0, 0.1) is 12.8 Å². The number of carbonyl (C=O) groups excluding carboxylic acids is 1. The Bertz CT molecular complexity index is 547. The number of halogens is 1. The van der Waals surface area contributed by atoms with Crippen LogP contribution < -0.4 is 16.0 Å². The van der Waals surface area contributed by atoms with Crippen molar-refractivity contribution < 1.29 is 4.79 Å². The third-order valence-corrected chi connectivity index (χ3v) is 4.67. The highest BCUT2D eigenvalue weighted by Crippen LogP contribution is 2.28. The number of carbonyl (C=O) groups is 1. The first-order valence-electron chi connectivity index (χ1n) is 8.68. The van der Waals surface area contributed by atoms with Crippen molar-refractivity contribution in [3.63, 3.8) is 0 Å². The maximum Gasteiger partial charge on any atom is 0.223 e. The summed E-state index contributed by atoms with van der Waals surface area (Å²) in [5, 5.41) is 9.49. The fourth-order valence-corrected chi connectivity index (χ4v) is 2.92. The van der Waals surface area contributed by atoms with E-state index >= 15 is 0 Å². The lowest BCUT2D eigenvalue weighted by molar-refractivity contribution is -0.122. The third-order valence-electron chi connectivity index (χ3n) is 3.66. The second kappa shape index (κ2) is 12.4. The van der Waals surface area contributed by atoms with E-state index in [1.54, 1.807) is 0 Å². The van der Waals surface area contributed by atoms with Gasteiger partial charge in [0.1, 0.15) is 0 Å². The molecule has 0 atom stereocenters. The van der Waals surface area contributed by atoms with Gasteiger partial charge in [0, 0.05) is 36.2 Å². The van der Waals surface area contributed by atoms with E-state index in [0.717, 1.165) is 37.6 Å². The molecule has 1 aliphatic carbocycles. The Morgan fingerprint density at radius 2 is 1.88 bits per heavy atom. The van der Waals surface area contributed by atoms with Crippen LogP contribution in [0.25, 0.3) is 0 Å². The van der Waals surface area contributed by atoms with Crippen molar-refractivity contribution in [1.82, 2.24) is 16.0 Å². The lowest BCUT2D eigenvalue weighted by atomic mass is 10.2. The number of hydrogen-bond acceptors (Lipinski definition) is 3. The number of aliphatic imine (C=N–C) groups is 1. The summed E-state index contributed by atoms with van der Waals surface area (Å²) in [6, 6.07) is 8.58. The first-order chi connectivity index (χ1) is 11.7. The van der Waals surface area contributed by atoms with Gasteiger partial charge in [-0.05, 0) is 38.8 Å². The number of nitrogens with zero attached hydrogens (tertiary/aromatic N) is 1. The van der Waals surface area contributed by atoms with Crippen LogP contribution in [0.3, 0.4) is 0 Å². The molecule has 0 bridgehead atoms. The number of amides is 1. The fourth-order valence-electron chi connectivity index (χ4n) is 2.15. The molecule has 1 fully saturated rings. The maximum absolute atomic E-state index is 11.5. The summed E-state index contributed by atoms with van der Waals surface area (Å²) in [6.45, 7) is 7.02. The zero-order valence-corrected chi connectivity index (χ0v) is 18.2. The molecule has 1 saturated carbocycles. The predicted molar refractivity (Wildman–Crippen MR) is 117 cm³/mol. The Balaban J connectivity index is 0.00000312. The van der Waals surface area contributed by atoms with E-state index in [4.69, 9.17) is 0 Å². The first-order valence-corrected chi connectivity index (χ1v) is 9.67. The SMILES string of the molecule is CCNC(=NCCNC(=O)C1CC1)NCCSc1ccc(C)cc1.I. The molecule has 0 aromatic heterocycles. The molecular formula is C18H29IN4OS. The van der Waals surface area contributed by atoms with Gasteiger partial charge >= 0.3 is 0 Å². The predicted octanol–water partition coefficient (Wildman–Crippen LogP) is 2.79. The number of rotatable bonds is 9. The van der Waals surface area contributed by atoms with E-state index in [0.29, 0.717) is 13.1 Å². The summed E-state index contributed by atoms with van der Waals surface area (Å²) in [5.41, 5.74) is 1.29. The number of hydrogen-bond donors (Lipinski definition) is 3. The van der Waals surface area contributed by atoms with Crippen LogP contribution in [0.5, 0.6) is 0 Å². The molecule has 1 aliphatic rings. The molecule has 1 aromatic carbocycles.